The number of amides is 2. The summed E-state index contributed by atoms with van der Waals surface area (Å²) in [6.45, 7) is 4.11. The van der Waals surface area contributed by atoms with Gasteiger partial charge in [-0.25, -0.2) is 4.79 Å². The molecule has 1 aliphatic carbocycles. The van der Waals surface area contributed by atoms with Crippen molar-refractivity contribution >= 4 is 29.8 Å². The average Bonchev–Trinajstić information content (AvgIpc) is 3.70. The highest BCUT2D eigenvalue weighted by Gasteiger charge is 2.55. The van der Waals surface area contributed by atoms with E-state index in [-0.39, 0.29) is 50.0 Å². The van der Waals surface area contributed by atoms with Crippen molar-refractivity contribution in [2.24, 2.45) is 0 Å². The molecule has 2 aliphatic heterocycles. The number of fused-ring (bicyclic) bond motifs is 1. The number of esters is 2. The first kappa shape index (κ1) is 49.1. The van der Waals surface area contributed by atoms with Crippen LogP contribution >= 0.6 is 0 Å². The molecule has 17 nitrogen and oxygen atoms in total. The summed E-state index contributed by atoms with van der Waals surface area (Å²) in [5, 5.41) is 55.1. The highest BCUT2D eigenvalue weighted by Crippen LogP contribution is 2.47. The maximum atomic E-state index is 13.9. The van der Waals surface area contributed by atoms with Crippen molar-refractivity contribution in [2.45, 2.75) is 113 Å². The quantitative estimate of drug-likeness (QED) is 0.0905. The second-order valence-electron chi connectivity index (χ2n) is 17.0. The van der Waals surface area contributed by atoms with E-state index in [0.29, 0.717) is 16.7 Å². The van der Waals surface area contributed by atoms with E-state index in [1.165, 1.54) is 0 Å². The minimum atomic E-state index is -1.58. The molecule has 17 heteroatoms. The minimum Gasteiger partial charge on any atom is -0.460 e. The van der Waals surface area contributed by atoms with Gasteiger partial charge in [0.05, 0.1) is 31.4 Å². The Hall–Kier alpha value is -5.34. The molecule has 65 heavy (non-hydrogen) atoms. The minimum absolute atomic E-state index is 0.00174. The maximum Gasteiger partial charge on any atom is 0.338 e. The number of aliphatic hydroxyl groups is 5. The van der Waals surface area contributed by atoms with Gasteiger partial charge < -0.3 is 64.6 Å². The zero-order valence-electron chi connectivity index (χ0n) is 36.5. The Labute approximate surface area is 376 Å². The monoisotopic (exact) mass is 902 g/mol. The molecule has 0 bridgehead atoms. The standard InChI is InChI=1S/C48H58N2O15/c1-47(2,3)64-39(54)20-19-34(27-51)50-38(53)21-22-49-44(58)31-25-35(43-36(26-31)63-48(65-43,32-15-6-4-7-16-32)33-17-8-5-9-18-33)61-45(59)30-14-10-12-29(24-30)13-11-23-60-46-42(57)41(56)40(55)37(28-52)62-46/h4-18,24,26,34-37,40-43,46,51-52,55-57H,19-23,25,27-28H2,1-3H3,(H,49,58)(H,50,53). The van der Waals surface area contributed by atoms with Crippen LogP contribution in [0, 0.1) is 0 Å². The third kappa shape index (κ3) is 12.7. The highest BCUT2D eigenvalue weighted by molar-refractivity contribution is 5.94. The number of hydrogen-bond donors (Lipinski definition) is 7. The molecule has 6 rings (SSSR count). The summed E-state index contributed by atoms with van der Waals surface area (Å²) in [5.74, 6) is -3.55. The molecule has 2 fully saturated rings. The summed E-state index contributed by atoms with van der Waals surface area (Å²) in [4.78, 5) is 52.7. The van der Waals surface area contributed by atoms with Gasteiger partial charge in [-0.1, -0.05) is 84.9 Å². The number of ether oxygens (including phenoxy) is 6. The topological polar surface area (TPSA) is 249 Å². The van der Waals surface area contributed by atoms with Crippen molar-refractivity contribution in [1.82, 2.24) is 10.6 Å². The maximum absolute atomic E-state index is 13.9. The van der Waals surface area contributed by atoms with Crippen LogP contribution in [0.15, 0.2) is 103 Å². The van der Waals surface area contributed by atoms with E-state index in [1.807, 2.05) is 60.7 Å². The lowest BCUT2D eigenvalue weighted by molar-refractivity contribution is -0.298. The smallest absolute Gasteiger partial charge is 0.338 e. The fourth-order valence-corrected chi connectivity index (χ4v) is 7.70. The Morgan fingerprint density at radius 3 is 2.22 bits per heavy atom. The summed E-state index contributed by atoms with van der Waals surface area (Å²) in [6, 6.07) is 24.4. The van der Waals surface area contributed by atoms with Crippen LogP contribution < -0.4 is 10.6 Å². The van der Waals surface area contributed by atoms with Crippen LogP contribution in [-0.2, 0) is 48.6 Å². The van der Waals surface area contributed by atoms with Gasteiger partial charge in [-0.3, -0.25) is 14.4 Å². The van der Waals surface area contributed by atoms with Crippen molar-refractivity contribution in [3.8, 4) is 0 Å². The number of carbonyl (C=O) groups is 4. The number of rotatable bonds is 18. The number of hydrogen-bond acceptors (Lipinski definition) is 15. The fraction of sp³-hybridized carbons (Fsp3) is 0.458. The first-order valence-corrected chi connectivity index (χ1v) is 21.6. The summed E-state index contributed by atoms with van der Waals surface area (Å²) in [7, 11) is 0. The predicted molar refractivity (Wildman–Crippen MR) is 232 cm³/mol. The third-order valence-electron chi connectivity index (χ3n) is 10.9. The van der Waals surface area contributed by atoms with Crippen LogP contribution in [-0.4, -0.2) is 136 Å². The van der Waals surface area contributed by atoms with Crippen LogP contribution in [0.25, 0.3) is 6.08 Å². The van der Waals surface area contributed by atoms with E-state index in [9.17, 15) is 44.7 Å². The molecular weight excluding hydrogens is 845 g/mol. The number of benzene rings is 3. The molecule has 3 aliphatic rings. The van der Waals surface area contributed by atoms with Crippen molar-refractivity contribution in [2.75, 3.05) is 26.4 Å². The molecular formula is C48H58N2O15. The first-order chi connectivity index (χ1) is 31.1. The van der Waals surface area contributed by atoms with Crippen molar-refractivity contribution in [3.05, 3.63) is 125 Å². The molecule has 350 valence electrons. The normalized spacial score (nSPS) is 25.5. The lowest BCUT2D eigenvalue weighted by atomic mass is 9.91. The molecule has 0 aromatic heterocycles. The van der Waals surface area contributed by atoms with Gasteiger partial charge in [-0.15, -0.1) is 0 Å². The van der Waals surface area contributed by atoms with Gasteiger partial charge in [-0.2, -0.15) is 0 Å². The van der Waals surface area contributed by atoms with Crippen LogP contribution in [0.1, 0.15) is 73.5 Å². The molecule has 2 saturated heterocycles. The summed E-state index contributed by atoms with van der Waals surface area (Å²) in [5.41, 5.74) is 1.71. The Morgan fingerprint density at radius 1 is 0.877 bits per heavy atom. The molecule has 9 unspecified atom stereocenters. The second-order valence-corrected chi connectivity index (χ2v) is 17.0. The summed E-state index contributed by atoms with van der Waals surface area (Å²) >= 11 is 0. The van der Waals surface area contributed by atoms with Crippen LogP contribution in [0.3, 0.4) is 0 Å². The molecule has 7 N–H and O–H groups in total. The molecule has 0 radical (unpaired) electrons. The Bertz CT molecular complexity index is 2100. The van der Waals surface area contributed by atoms with E-state index < -0.39 is 103 Å². The van der Waals surface area contributed by atoms with Crippen LogP contribution in [0.2, 0.25) is 0 Å². The Kier molecular flexibility index (Phi) is 16.8. The van der Waals surface area contributed by atoms with E-state index in [2.05, 4.69) is 10.6 Å². The number of nitrogens with one attached hydrogen (secondary N) is 2. The van der Waals surface area contributed by atoms with Crippen LogP contribution in [0.5, 0.6) is 0 Å². The zero-order valence-corrected chi connectivity index (χ0v) is 36.5. The second kappa shape index (κ2) is 22.2. The lowest BCUT2D eigenvalue weighted by Crippen LogP contribution is -2.59. The number of carbonyl (C=O) groups excluding carboxylic acids is 4. The van der Waals surface area contributed by atoms with Gasteiger partial charge >= 0.3 is 11.9 Å². The summed E-state index contributed by atoms with van der Waals surface area (Å²) < 4.78 is 36.0. The van der Waals surface area contributed by atoms with Gasteiger partial charge in [0.25, 0.3) is 0 Å². The van der Waals surface area contributed by atoms with Gasteiger partial charge in [0.2, 0.25) is 17.6 Å². The number of aliphatic hydroxyl groups excluding tert-OH is 5. The van der Waals surface area contributed by atoms with E-state index >= 15 is 0 Å². The van der Waals surface area contributed by atoms with E-state index in [0.717, 1.165) is 0 Å². The van der Waals surface area contributed by atoms with E-state index in [1.54, 1.807) is 63.3 Å². The van der Waals surface area contributed by atoms with Gasteiger partial charge in [0, 0.05) is 42.5 Å². The lowest BCUT2D eigenvalue weighted by Gasteiger charge is -2.39. The van der Waals surface area contributed by atoms with Crippen molar-refractivity contribution in [1.29, 1.82) is 0 Å². The van der Waals surface area contributed by atoms with E-state index in [4.69, 9.17) is 28.4 Å². The molecule has 3 aromatic carbocycles. The predicted octanol–water partition coefficient (Wildman–Crippen LogP) is 2.16. The highest BCUT2D eigenvalue weighted by atomic mass is 16.8. The molecule has 0 spiro atoms. The SMILES string of the molecule is CC(C)(C)OC(=O)CCC(CO)NC(=O)CCNC(=O)C1=CC2OC(c3ccccc3)(c3ccccc3)OC2C(OC(=O)c2cccc(C=CCOC3OC(CO)C(O)C(O)C3O)c2)C1. The fourth-order valence-electron chi connectivity index (χ4n) is 7.70. The average molecular weight is 903 g/mol. The molecule has 9 atom stereocenters. The zero-order chi connectivity index (χ0) is 46.7. The third-order valence-corrected chi connectivity index (χ3v) is 10.9. The van der Waals surface area contributed by atoms with Gasteiger partial charge in [-0.05, 0) is 51.0 Å². The van der Waals surface area contributed by atoms with Gasteiger partial charge in [0.15, 0.2) is 6.29 Å². The van der Waals surface area contributed by atoms with Crippen LogP contribution in [0.4, 0.5) is 0 Å². The molecule has 3 aromatic rings. The largest absolute Gasteiger partial charge is 0.460 e. The summed E-state index contributed by atoms with van der Waals surface area (Å²) in [6.07, 6.45) is -4.94. The Balaban J connectivity index is 1.14. The molecule has 2 amide bonds. The van der Waals surface area contributed by atoms with Crippen molar-refractivity contribution < 1.29 is 73.1 Å². The molecule has 2 heterocycles. The molecule has 0 saturated carbocycles. The van der Waals surface area contributed by atoms with Gasteiger partial charge in [0.1, 0.15) is 48.3 Å². The first-order valence-electron chi connectivity index (χ1n) is 21.6. The Morgan fingerprint density at radius 2 is 1.57 bits per heavy atom. The van der Waals surface area contributed by atoms with Crippen molar-refractivity contribution in [3.63, 3.8) is 0 Å².